The van der Waals surface area contributed by atoms with Gasteiger partial charge in [-0.05, 0) is 43.3 Å². The van der Waals surface area contributed by atoms with Crippen molar-refractivity contribution in [2.75, 3.05) is 6.26 Å². The van der Waals surface area contributed by atoms with Crippen molar-refractivity contribution in [3.8, 4) is 5.75 Å². The summed E-state index contributed by atoms with van der Waals surface area (Å²) in [7, 11) is -3.24. The minimum atomic E-state index is -3.24. The second-order valence-corrected chi connectivity index (χ2v) is 7.81. The van der Waals surface area contributed by atoms with Gasteiger partial charge in [0.15, 0.2) is 15.9 Å². The molecule has 116 valence electrons. The molecule has 2 aromatic carbocycles. The van der Waals surface area contributed by atoms with Crippen molar-refractivity contribution < 1.29 is 17.9 Å². The molecule has 1 unspecified atom stereocenters. The molecule has 2 rings (SSSR count). The van der Waals surface area contributed by atoms with Crippen LogP contribution in [0, 0.1) is 0 Å². The van der Waals surface area contributed by atoms with Crippen molar-refractivity contribution in [1.29, 1.82) is 0 Å². The summed E-state index contributed by atoms with van der Waals surface area (Å²) < 4.78 is 29.2. The SMILES string of the molecule is CC(Oc1ccc(S(C)(=O)=O)cc1)C(=O)c1ccc(Br)cc1. The lowest BCUT2D eigenvalue weighted by Gasteiger charge is -2.14. The van der Waals surface area contributed by atoms with E-state index in [0.717, 1.165) is 10.7 Å². The maximum absolute atomic E-state index is 12.3. The highest BCUT2D eigenvalue weighted by molar-refractivity contribution is 9.10. The third-order valence-electron chi connectivity index (χ3n) is 3.06. The van der Waals surface area contributed by atoms with Gasteiger partial charge in [0.05, 0.1) is 4.90 Å². The van der Waals surface area contributed by atoms with Crippen molar-refractivity contribution in [3.63, 3.8) is 0 Å². The number of sulfone groups is 1. The fourth-order valence-electron chi connectivity index (χ4n) is 1.87. The number of carbonyl (C=O) groups excluding carboxylic acids is 1. The molecule has 6 heteroatoms. The number of halogens is 1. The molecule has 0 saturated carbocycles. The number of benzene rings is 2. The topological polar surface area (TPSA) is 60.4 Å². The highest BCUT2D eigenvalue weighted by Crippen LogP contribution is 2.19. The summed E-state index contributed by atoms with van der Waals surface area (Å²) in [5.41, 5.74) is 0.559. The van der Waals surface area contributed by atoms with Gasteiger partial charge in [0, 0.05) is 16.3 Å². The summed E-state index contributed by atoms with van der Waals surface area (Å²) in [6, 6.07) is 13.0. The number of hydrogen-bond donors (Lipinski definition) is 0. The van der Waals surface area contributed by atoms with Gasteiger partial charge in [0.2, 0.25) is 5.78 Å². The number of carbonyl (C=O) groups is 1. The van der Waals surface area contributed by atoms with Gasteiger partial charge in [0.25, 0.3) is 0 Å². The molecule has 0 aliphatic heterocycles. The summed E-state index contributed by atoms with van der Waals surface area (Å²) in [4.78, 5) is 12.5. The lowest BCUT2D eigenvalue weighted by Crippen LogP contribution is -2.23. The van der Waals surface area contributed by atoms with Crippen molar-refractivity contribution in [2.24, 2.45) is 0 Å². The van der Waals surface area contributed by atoms with Crippen LogP contribution in [0.2, 0.25) is 0 Å². The van der Waals surface area contributed by atoms with Crippen LogP contribution in [0.3, 0.4) is 0 Å². The van der Waals surface area contributed by atoms with Crippen LogP contribution in [0.25, 0.3) is 0 Å². The van der Waals surface area contributed by atoms with E-state index in [1.807, 2.05) is 0 Å². The number of ketones is 1. The molecule has 0 bridgehead atoms. The number of rotatable bonds is 5. The van der Waals surface area contributed by atoms with Crippen LogP contribution in [-0.4, -0.2) is 26.6 Å². The summed E-state index contributed by atoms with van der Waals surface area (Å²) in [5.74, 6) is 0.310. The number of Topliss-reactive ketones (excluding diaryl/α,β-unsaturated/α-hetero) is 1. The molecule has 0 radical (unpaired) electrons. The van der Waals surface area contributed by atoms with Gasteiger partial charge >= 0.3 is 0 Å². The van der Waals surface area contributed by atoms with Crippen LogP contribution in [-0.2, 0) is 9.84 Å². The smallest absolute Gasteiger partial charge is 0.202 e. The van der Waals surface area contributed by atoms with Gasteiger partial charge < -0.3 is 4.74 Å². The summed E-state index contributed by atoms with van der Waals surface area (Å²) in [5, 5.41) is 0. The highest BCUT2D eigenvalue weighted by Gasteiger charge is 2.17. The monoisotopic (exact) mass is 382 g/mol. The van der Waals surface area contributed by atoms with E-state index in [-0.39, 0.29) is 10.7 Å². The Balaban J connectivity index is 2.10. The standard InChI is InChI=1S/C16H15BrO4S/c1-11(16(18)12-3-5-13(17)6-4-12)21-14-7-9-15(10-8-14)22(2,19)20/h3-11H,1-2H3. The maximum atomic E-state index is 12.3. The van der Waals surface area contributed by atoms with E-state index < -0.39 is 15.9 Å². The van der Waals surface area contributed by atoms with Crippen LogP contribution in [0.4, 0.5) is 0 Å². The molecule has 1 atom stereocenters. The molecule has 0 aliphatic carbocycles. The molecule has 0 N–H and O–H groups in total. The highest BCUT2D eigenvalue weighted by atomic mass is 79.9. The molecule has 0 fully saturated rings. The molecular formula is C16H15BrO4S. The van der Waals surface area contributed by atoms with E-state index in [4.69, 9.17) is 4.74 Å². The predicted octanol–water partition coefficient (Wildman–Crippen LogP) is 3.50. The number of ether oxygens (including phenoxy) is 1. The van der Waals surface area contributed by atoms with Gasteiger partial charge in [-0.1, -0.05) is 28.1 Å². The fraction of sp³-hybridized carbons (Fsp3) is 0.188. The minimum absolute atomic E-state index is 0.139. The molecule has 2 aromatic rings. The zero-order valence-corrected chi connectivity index (χ0v) is 14.5. The van der Waals surface area contributed by atoms with E-state index >= 15 is 0 Å². The molecular weight excluding hydrogens is 368 g/mol. The Morgan fingerprint density at radius 1 is 1.05 bits per heavy atom. The van der Waals surface area contributed by atoms with E-state index in [1.165, 1.54) is 12.1 Å². The molecule has 0 aliphatic rings. The van der Waals surface area contributed by atoms with Gasteiger partial charge in [-0.2, -0.15) is 0 Å². The Hall–Kier alpha value is -1.66. The Morgan fingerprint density at radius 2 is 1.59 bits per heavy atom. The van der Waals surface area contributed by atoms with Crippen LogP contribution in [0.15, 0.2) is 57.9 Å². The lowest BCUT2D eigenvalue weighted by molar-refractivity contribution is 0.0818. The average molecular weight is 383 g/mol. The molecule has 22 heavy (non-hydrogen) atoms. The Bertz CT molecular complexity index is 765. The Morgan fingerprint density at radius 3 is 2.09 bits per heavy atom. The molecule has 0 saturated heterocycles. The lowest BCUT2D eigenvalue weighted by atomic mass is 10.1. The zero-order chi connectivity index (χ0) is 16.3. The second kappa shape index (κ2) is 6.62. The van der Waals surface area contributed by atoms with Crippen LogP contribution in [0.1, 0.15) is 17.3 Å². The van der Waals surface area contributed by atoms with Crippen LogP contribution in [0.5, 0.6) is 5.75 Å². The average Bonchev–Trinajstić information content (AvgIpc) is 2.47. The molecule has 4 nitrogen and oxygen atoms in total. The third-order valence-corrected chi connectivity index (χ3v) is 4.72. The quantitative estimate of drug-likeness (QED) is 0.742. The van der Waals surface area contributed by atoms with Crippen LogP contribution >= 0.6 is 15.9 Å². The van der Waals surface area contributed by atoms with Gasteiger partial charge in [-0.3, -0.25) is 4.79 Å². The van der Waals surface area contributed by atoms with Crippen molar-refractivity contribution in [3.05, 3.63) is 58.6 Å². The minimum Gasteiger partial charge on any atom is -0.483 e. The first-order chi connectivity index (χ1) is 10.3. The predicted molar refractivity (Wildman–Crippen MR) is 88.1 cm³/mol. The third kappa shape index (κ3) is 4.18. The molecule has 0 spiro atoms. The Labute approximate surface area is 138 Å². The Kier molecular flexibility index (Phi) is 5.03. The largest absolute Gasteiger partial charge is 0.483 e. The van der Waals surface area contributed by atoms with Crippen molar-refractivity contribution in [1.82, 2.24) is 0 Å². The van der Waals surface area contributed by atoms with Crippen molar-refractivity contribution >= 4 is 31.6 Å². The van der Waals surface area contributed by atoms with E-state index in [9.17, 15) is 13.2 Å². The first-order valence-corrected chi connectivity index (χ1v) is 9.22. The van der Waals surface area contributed by atoms with Gasteiger partial charge in [-0.25, -0.2) is 8.42 Å². The van der Waals surface area contributed by atoms with Crippen LogP contribution < -0.4 is 4.74 Å². The summed E-state index contributed by atoms with van der Waals surface area (Å²) >= 11 is 3.32. The molecule has 0 aromatic heterocycles. The maximum Gasteiger partial charge on any atom is 0.202 e. The van der Waals surface area contributed by atoms with Gasteiger partial charge in [-0.15, -0.1) is 0 Å². The second-order valence-electron chi connectivity index (χ2n) is 4.87. The molecule has 0 heterocycles. The summed E-state index contributed by atoms with van der Waals surface area (Å²) in [6.45, 7) is 1.66. The first kappa shape index (κ1) is 16.7. The molecule has 0 amide bonds. The zero-order valence-electron chi connectivity index (χ0n) is 12.1. The van der Waals surface area contributed by atoms with Gasteiger partial charge in [0.1, 0.15) is 5.75 Å². The van der Waals surface area contributed by atoms with E-state index in [2.05, 4.69) is 15.9 Å². The van der Waals surface area contributed by atoms with E-state index in [1.54, 1.807) is 43.3 Å². The van der Waals surface area contributed by atoms with E-state index in [0.29, 0.717) is 11.3 Å². The first-order valence-electron chi connectivity index (χ1n) is 6.54. The number of hydrogen-bond acceptors (Lipinski definition) is 4. The normalized spacial score (nSPS) is 12.7. The van der Waals surface area contributed by atoms with Crippen molar-refractivity contribution in [2.45, 2.75) is 17.9 Å². The summed E-state index contributed by atoms with van der Waals surface area (Å²) in [6.07, 6.45) is 0.480. The fourth-order valence-corrected chi connectivity index (χ4v) is 2.77.